The van der Waals surface area contributed by atoms with Crippen LogP contribution in [0, 0.1) is 11.5 Å². The first-order valence-electron chi connectivity index (χ1n) is 4.63. The fourth-order valence-electron chi connectivity index (χ4n) is 0.897. The second-order valence-corrected chi connectivity index (χ2v) is 8.93. The second kappa shape index (κ2) is 4.42. The van der Waals surface area contributed by atoms with Gasteiger partial charge in [0, 0.05) is 6.20 Å². The van der Waals surface area contributed by atoms with E-state index in [0.717, 1.165) is 5.56 Å². The van der Waals surface area contributed by atoms with Crippen molar-refractivity contribution in [3.63, 3.8) is 0 Å². The summed E-state index contributed by atoms with van der Waals surface area (Å²) in [4.78, 5) is 0. The molecule has 0 unspecified atom stereocenters. The molecule has 1 rings (SSSR count). The molecule has 0 fully saturated rings. The SMILES string of the molecule is C[Si](C)(C)C#Cc1cnn(CCF)c1. The van der Waals surface area contributed by atoms with Gasteiger partial charge in [-0.25, -0.2) is 4.39 Å². The third kappa shape index (κ3) is 3.75. The van der Waals surface area contributed by atoms with Gasteiger partial charge in [0.25, 0.3) is 0 Å². The van der Waals surface area contributed by atoms with Crippen LogP contribution in [-0.4, -0.2) is 24.5 Å². The molecule has 1 aromatic rings. The summed E-state index contributed by atoms with van der Waals surface area (Å²) in [6.45, 7) is 6.49. The lowest BCUT2D eigenvalue weighted by atomic mass is 10.4. The Bertz CT molecular complexity index is 354. The van der Waals surface area contributed by atoms with Crippen LogP contribution in [0.1, 0.15) is 5.56 Å². The molecule has 2 nitrogen and oxygen atoms in total. The molecule has 0 N–H and O–H groups in total. The predicted octanol–water partition coefficient (Wildman–Crippen LogP) is 2.08. The van der Waals surface area contributed by atoms with Gasteiger partial charge in [-0.2, -0.15) is 5.10 Å². The van der Waals surface area contributed by atoms with E-state index in [4.69, 9.17) is 0 Å². The highest BCUT2D eigenvalue weighted by Gasteiger charge is 2.07. The zero-order chi connectivity index (χ0) is 10.6. The average Bonchev–Trinajstić information content (AvgIpc) is 2.49. The maximum Gasteiger partial charge on any atom is 0.129 e. The van der Waals surface area contributed by atoms with Crippen molar-refractivity contribution in [1.82, 2.24) is 9.78 Å². The van der Waals surface area contributed by atoms with Crippen molar-refractivity contribution in [1.29, 1.82) is 0 Å². The maximum atomic E-state index is 12.0. The van der Waals surface area contributed by atoms with Crippen molar-refractivity contribution >= 4 is 8.07 Å². The van der Waals surface area contributed by atoms with Crippen LogP contribution in [0.5, 0.6) is 0 Å². The summed E-state index contributed by atoms with van der Waals surface area (Å²) in [5.74, 6) is 3.07. The van der Waals surface area contributed by atoms with Crippen LogP contribution in [0.2, 0.25) is 19.6 Å². The number of halogens is 1. The highest BCUT2D eigenvalue weighted by atomic mass is 28.3. The van der Waals surface area contributed by atoms with Crippen molar-refractivity contribution in [2.75, 3.05) is 6.67 Å². The van der Waals surface area contributed by atoms with Gasteiger partial charge in [0.2, 0.25) is 0 Å². The molecule has 0 bridgehead atoms. The van der Waals surface area contributed by atoms with Gasteiger partial charge in [-0.15, -0.1) is 5.54 Å². The van der Waals surface area contributed by atoms with E-state index in [0.29, 0.717) is 6.54 Å². The minimum absolute atomic E-state index is 0.314. The lowest BCUT2D eigenvalue weighted by molar-refractivity contribution is 0.427. The Balaban J connectivity index is 2.71. The molecule has 0 aliphatic heterocycles. The van der Waals surface area contributed by atoms with E-state index in [1.165, 1.54) is 0 Å². The smallest absolute Gasteiger partial charge is 0.129 e. The molecule has 1 aromatic heterocycles. The molecule has 0 atom stereocenters. The van der Waals surface area contributed by atoms with Crippen molar-refractivity contribution in [3.05, 3.63) is 18.0 Å². The number of alkyl halides is 1. The number of hydrogen-bond acceptors (Lipinski definition) is 1. The number of nitrogens with zero attached hydrogens (tertiary/aromatic N) is 2. The minimum atomic E-state index is -1.32. The van der Waals surface area contributed by atoms with Crippen LogP contribution in [0.25, 0.3) is 0 Å². The Labute approximate surface area is 85.1 Å². The number of aromatic nitrogens is 2. The third-order valence-corrected chi connectivity index (χ3v) is 2.40. The van der Waals surface area contributed by atoms with E-state index in [-0.39, 0.29) is 6.67 Å². The van der Waals surface area contributed by atoms with E-state index >= 15 is 0 Å². The highest BCUT2D eigenvalue weighted by molar-refractivity contribution is 6.83. The monoisotopic (exact) mass is 210 g/mol. The Morgan fingerprint density at radius 1 is 1.50 bits per heavy atom. The summed E-state index contributed by atoms with van der Waals surface area (Å²) in [5, 5.41) is 4.00. The number of hydrogen-bond donors (Lipinski definition) is 0. The van der Waals surface area contributed by atoms with E-state index in [1.54, 1.807) is 17.1 Å². The Morgan fingerprint density at radius 3 is 2.79 bits per heavy atom. The summed E-state index contributed by atoms with van der Waals surface area (Å²) < 4.78 is 13.6. The summed E-state index contributed by atoms with van der Waals surface area (Å²) in [5.41, 5.74) is 4.11. The third-order valence-electron chi connectivity index (χ3n) is 1.53. The van der Waals surface area contributed by atoms with Gasteiger partial charge in [0.1, 0.15) is 14.7 Å². The molecule has 0 saturated carbocycles. The second-order valence-electron chi connectivity index (χ2n) is 4.18. The van der Waals surface area contributed by atoms with Gasteiger partial charge < -0.3 is 0 Å². The van der Waals surface area contributed by atoms with E-state index in [1.807, 2.05) is 0 Å². The zero-order valence-electron chi connectivity index (χ0n) is 8.84. The molecule has 0 aliphatic carbocycles. The molecule has 1 heterocycles. The molecule has 0 aliphatic rings. The molecular weight excluding hydrogens is 195 g/mol. The summed E-state index contributed by atoms with van der Waals surface area (Å²) in [6, 6.07) is 0. The fraction of sp³-hybridized carbons (Fsp3) is 0.500. The van der Waals surface area contributed by atoms with Crippen LogP contribution in [0.15, 0.2) is 12.4 Å². The van der Waals surface area contributed by atoms with E-state index < -0.39 is 8.07 Å². The lowest BCUT2D eigenvalue weighted by Gasteiger charge is -2.02. The summed E-state index contributed by atoms with van der Waals surface area (Å²) >= 11 is 0. The topological polar surface area (TPSA) is 17.8 Å². The summed E-state index contributed by atoms with van der Waals surface area (Å²) in [7, 11) is -1.32. The summed E-state index contributed by atoms with van der Waals surface area (Å²) in [6.07, 6.45) is 3.47. The average molecular weight is 210 g/mol. The van der Waals surface area contributed by atoms with Gasteiger partial charge in [0.05, 0.1) is 18.3 Å². The first-order chi connectivity index (χ1) is 6.51. The van der Waals surface area contributed by atoms with Crippen LogP contribution in [0.3, 0.4) is 0 Å². The predicted molar refractivity (Wildman–Crippen MR) is 58.4 cm³/mol. The molecule has 0 spiro atoms. The van der Waals surface area contributed by atoms with Gasteiger partial charge in [-0.3, -0.25) is 4.68 Å². The van der Waals surface area contributed by atoms with Gasteiger partial charge in [-0.1, -0.05) is 25.6 Å². The van der Waals surface area contributed by atoms with Crippen LogP contribution < -0.4 is 0 Å². The van der Waals surface area contributed by atoms with Crippen molar-refractivity contribution in [2.45, 2.75) is 26.2 Å². The largest absolute Gasteiger partial charge is 0.269 e. The highest BCUT2D eigenvalue weighted by Crippen LogP contribution is 2.00. The molecule has 0 amide bonds. The van der Waals surface area contributed by atoms with Crippen LogP contribution >= 0.6 is 0 Å². The molecule has 14 heavy (non-hydrogen) atoms. The van der Waals surface area contributed by atoms with E-state index in [2.05, 4.69) is 36.2 Å². The molecule has 76 valence electrons. The minimum Gasteiger partial charge on any atom is -0.269 e. The molecule has 0 saturated heterocycles. The number of rotatable bonds is 2. The van der Waals surface area contributed by atoms with Gasteiger partial charge >= 0.3 is 0 Å². The van der Waals surface area contributed by atoms with Gasteiger partial charge in [-0.05, 0) is 0 Å². The molecule has 0 aromatic carbocycles. The lowest BCUT2D eigenvalue weighted by Crippen LogP contribution is -2.16. The van der Waals surface area contributed by atoms with Crippen LogP contribution in [0.4, 0.5) is 4.39 Å². The first kappa shape index (κ1) is 11.0. The van der Waals surface area contributed by atoms with Crippen LogP contribution in [-0.2, 0) is 6.54 Å². The van der Waals surface area contributed by atoms with Crippen molar-refractivity contribution in [3.8, 4) is 11.5 Å². The Kier molecular flexibility index (Phi) is 3.47. The first-order valence-corrected chi connectivity index (χ1v) is 8.13. The molecule has 0 radical (unpaired) electrons. The standard InChI is InChI=1S/C10H15FN2Si/c1-14(2,3)7-4-10-8-12-13(9-10)6-5-11/h8-9H,5-6H2,1-3H3. The fourth-order valence-corrected chi connectivity index (χ4v) is 1.42. The molecule has 4 heteroatoms. The zero-order valence-corrected chi connectivity index (χ0v) is 9.84. The Hall–Kier alpha value is -1.08. The molecular formula is C10H15FN2Si. The van der Waals surface area contributed by atoms with E-state index in [9.17, 15) is 4.39 Å². The quantitative estimate of drug-likeness (QED) is 0.540. The Morgan fingerprint density at radius 2 is 2.21 bits per heavy atom. The van der Waals surface area contributed by atoms with Gasteiger partial charge in [0.15, 0.2) is 0 Å². The normalized spacial score (nSPS) is 10.9. The van der Waals surface area contributed by atoms with Crippen molar-refractivity contribution < 1.29 is 4.39 Å². The maximum absolute atomic E-state index is 12.0. The number of aryl methyl sites for hydroxylation is 1. The van der Waals surface area contributed by atoms with Crippen molar-refractivity contribution in [2.24, 2.45) is 0 Å².